The predicted octanol–water partition coefficient (Wildman–Crippen LogP) is 2.67. The van der Waals surface area contributed by atoms with Crippen molar-refractivity contribution in [2.24, 2.45) is 17.8 Å². The van der Waals surface area contributed by atoms with Crippen molar-refractivity contribution in [1.29, 1.82) is 0 Å². The van der Waals surface area contributed by atoms with Crippen LogP contribution in [-0.4, -0.2) is 13.1 Å². The standard InChI is InChI=1S/C11H23N/c1-9-4-5-12-8-11(3)7-10(2)6-9/h9-12H,4-8H2,1-3H3/t9-,10+,11-/m1/s1. The summed E-state index contributed by atoms with van der Waals surface area (Å²) in [5.41, 5.74) is 0. The Morgan fingerprint density at radius 2 is 1.58 bits per heavy atom. The first-order valence-corrected chi connectivity index (χ1v) is 5.39. The molecule has 0 bridgehead atoms. The third-order valence-corrected chi connectivity index (χ3v) is 2.92. The van der Waals surface area contributed by atoms with E-state index in [0.29, 0.717) is 0 Å². The lowest BCUT2D eigenvalue weighted by Gasteiger charge is -2.17. The maximum atomic E-state index is 3.53. The third-order valence-electron chi connectivity index (χ3n) is 2.92. The zero-order valence-electron chi connectivity index (χ0n) is 8.77. The molecule has 0 radical (unpaired) electrons. The predicted molar refractivity (Wildman–Crippen MR) is 54.2 cm³/mol. The van der Waals surface area contributed by atoms with E-state index in [1.165, 1.54) is 32.4 Å². The fourth-order valence-corrected chi connectivity index (χ4v) is 2.37. The molecule has 0 saturated carbocycles. The lowest BCUT2D eigenvalue weighted by Crippen LogP contribution is -2.22. The number of hydrogen-bond acceptors (Lipinski definition) is 1. The highest BCUT2D eigenvalue weighted by molar-refractivity contribution is 4.68. The minimum Gasteiger partial charge on any atom is -0.316 e. The summed E-state index contributed by atoms with van der Waals surface area (Å²) in [6, 6.07) is 0. The summed E-state index contributed by atoms with van der Waals surface area (Å²) in [6.07, 6.45) is 4.18. The Hall–Kier alpha value is -0.0400. The van der Waals surface area contributed by atoms with Gasteiger partial charge in [0.05, 0.1) is 0 Å². The molecule has 0 aromatic carbocycles. The van der Waals surface area contributed by atoms with Gasteiger partial charge in [-0.2, -0.15) is 0 Å². The van der Waals surface area contributed by atoms with E-state index in [9.17, 15) is 0 Å². The second-order valence-corrected chi connectivity index (χ2v) is 4.78. The maximum absolute atomic E-state index is 3.53. The van der Waals surface area contributed by atoms with Crippen LogP contribution in [0.2, 0.25) is 0 Å². The zero-order chi connectivity index (χ0) is 8.97. The van der Waals surface area contributed by atoms with E-state index < -0.39 is 0 Å². The molecule has 1 aliphatic rings. The van der Waals surface area contributed by atoms with Gasteiger partial charge in [-0.15, -0.1) is 0 Å². The summed E-state index contributed by atoms with van der Waals surface area (Å²) in [5, 5.41) is 3.53. The van der Waals surface area contributed by atoms with Gasteiger partial charge in [-0.05, 0) is 50.1 Å². The van der Waals surface area contributed by atoms with Crippen LogP contribution in [0.25, 0.3) is 0 Å². The van der Waals surface area contributed by atoms with Gasteiger partial charge in [-0.3, -0.25) is 0 Å². The van der Waals surface area contributed by atoms with E-state index in [1.807, 2.05) is 0 Å². The maximum Gasteiger partial charge on any atom is -0.00231 e. The van der Waals surface area contributed by atoms with Crippen molar-refractivity contribution < 1.29 is 0 Å². The van der Waals surface area contributed by atoms with Crippen LogP contribution < -0.4 is 5.32 Å². The lowest BCUT2D eigenvalue weighted by atomic mass is 9.89. The molecule has 1 fully saturated rings. The molecule has 1 N–H and O–H groups in total. The highest BCUT2D eigenvalue weighted by Gasteiger charge is 2.14. The molecule has 0 unspecified atom stereocenters. The van der Waals surface area contributed by atoms with Gasteiger partial charge >= 0.3 is 0 Å². The summed E-state index contributed by atoms with van der Waals surface area (Å²) in [7, 11) is 0. The summed E-state index contributed by atoms with van der Waals surface area (Å²) in [5.74, 6) is 2.71. The molecular weight excluding hydrogens is 146 g/mol. The first-order chi connectivity index (χ1) is 5.68. The molecule has 12 heavy (non-hydrogen) atoms. The number of rotatable bonds is 0. The minimum absolute atomic E-state index is 0.866. The van der Waals surface area contributed by atoms with Crippen molar-refractivity contribution in [2.45, 2.75) is 40.0 Å². The van der Waals surface area contributed by atoms with Crippen molar-refractivity contribution in [3.05, 3.63) is 0 Å². The van der Waals surface area contributed by atoms with Gasteiger partial charge in [0, 0.05) is 0 Å². The van der Waals surface area contributed by atoms with Crippen LogP contribution in [0.1, 0.15) is 40.0 Å². The number of nitrogens with one attached hydrogen (secondary N) is 1. The van der Waals surface area contributed by atoms with Gasteiger partial charge in [0.15, 0.2) is 0 Å². The van der Waals surface area contributed by atoms with E-state index in [0.717, 1.165) is 17.8 Å². The van der Waals surface area contributed by atoms with E-state index in [2.05, 4.69) is 26.1 Å². The van der Waals surface area contributed by atoms with Crippen LogP contribution in [0.5, 0.6) is 0 Å². The normalized spacial score (nSPS) is 39.8. The Kier molecular flexibility index (Phi) is 4.07. The average molecular weight is 169 g/mol. The Balaban J connectivity index is 2.37. The monoisotopic (exact) mass is 169 g/mol. The highest BCUT2D eigenvalue weighted by Crippen LogP contribution is 2.22. The van der Waals surface area contributed by atoms with Gasteiger partial charge in [0.1, 0.15) is 0 Å². The Morgan fingerprint density at radius 1 is 0.917 bits per heavy atom. The van der Waals surface area contributed by atoms with Crippen molar-refractivity contribution in [2.75, 3.05) is 13.1 Å². The molecule has 0 aromatic heterocycles. The topological polar surface area (TPSA) is 12.0 Å². The van der Waals surface area contributed by atoms with E-state index >= 15 is 0 Å². The van der Waals surface area contributed by atoms with E-state index in [-0.39, 0.29) is 0 Å². The third kappa shape index (κ3) is 3.57. The molecule has 3 atom stereocenters. The summed E-state index contributed by atoms with van der Waals surface area (Å²) >= 11 is 0. The van der Waals surface area contributed by atoms with Gasteiger partial charge < -0.3 is 5.32 Å². The second kappa shape index (κ2) is 4.86. The molecular formula is C11H23N. The highest BCUT2D eigenvalue weighted by atomic mass is 14.9. The molecule has 1 heteroatoms. The van der Waals surface area contributed by atoms with Gasteiger partial charge in [0.2, 0.25) is 0 Å². The molecule has 0 amide bonds. The molecule has 1 heterocycles. The zero-order valence-corrected chi connectivity index (χ0v) is 8.77. The van der Waals surface area contributed by atoms with Crippen molar-refractivity contribution in [3.8, 4) is 0 Å². The Bertz CT molecular complexity index is 108. The quantitative estimate of drug-likeness (QED) is 0.588. The summed E-state index contributed by atoms with van der Waals surface area (Å²) < 4.78 is 0. The first-order valence-electron chi connectivity index (χ1n) is 5.39. The van der Waals surface area contributed by atoms with E-state index in [1.54, 1.807) is 0 Å². The Morgan fingerprint density at radius 3 is 2.33 bits per heavy atom. The molecule has 0 aromatic rings. The van der Waals surface area contributed by atoms with Crippen LogP contribution >= 0.6 is 0 Å². The van der Waals surface area contributed by atoms with Crippen molar-refractivity contribution in [3.63, 3.8) is 0 Å². The first kappa shape index (κ1) is 10.0. The molecule has 0 aliphatic carbocycles. The second-order valence-electron chi connectivity index (χ2n) is 4.78. The minimum atomic E-state index is 0.866. The van der Waals surface area contributed by atoms with Crippen LogP contribution in [0.4, 0.5) is 0 Å². The van der Waals surface area contributed by atoms with Crippen LogP contribution in [0, 0.1) is 17.8 Å². The summed E-state index contributed by atoms with van der Waals surface area (Å²) in [6.45, 7) is 9.58. The van der Waals surface area contributed by atoms with Crippen LogP contribution in [0.15, 0.2) is 0 Å². The molecule has 1 nitrogen and oxygen atoms in total. The lowest BCUT2D eigenvalue weighted by molar-refractivity contribution is 0.355. The van der Waals surface area contributed by atoms with Crippen molar-refractivity contribution >= 4 is 0 Å². The molecule has 0 spiro atoms. The smallest absolute Gasteiger partial charge is 0.00231 e. The SMILES string of the molecule is C[C@H]1C[C@H](C)CCNC[C@H](C)C1. The molecule has 1 aliphatic heterocycles. The van der Waals surface area contributed by atoms with Crippen LogP contribution in [-0.2, 0) is 0 Å². The van der Waals surface area contributed by atoms with Gasteiger partial charge in [-0.1, -0.05) is 20.8 Å². The van der Waals surface area contributed by atoms with Gasteiger partial charge in [0.25, 0.3) is 0 Å². The van der Waals surface area contributed by atoms with E-state index in [4.69, 9.17) is 0 Å². The van der Waals surface area contributed by atoms with Crippen molar-refractivity contribution in [1.82, 2.24) is 5.32 Å². The molecule has 1 saturated heterocycles. The molecule has 72 valence electrons. The number of hydrogen-bond donors (Lipinski definition) is 1. The van der Waals surface area contributed by atoms with Crippen LogP contribution in [0.3, 0.4) is 0 Å². The summed E-state index contributed by atoms with van der Waals surface area (Å²) in [4.78, 5) is 0. The fraction of sp³-hybridized carbons (Fsp3) is 1.00. The fourth-order valence-electron chi connectivity index (χ4n) is 2.37. The average Bonchev–Trinajstić information content (AvgIpc) is 2.01. The largest absolute Gasteiger partial charge is 0.316 e. The van der Waals surface area contributed by atoms with Gasteiger partial charge in [-0.25, -0.2) is 0 Å². The molecule has 1 rings (SSSR count). The Labute approximate surface area is 76.9 Å².